The number of esters is 1. The predicted octanol–water partition coefficient (Wildman–Crippen LogP) is 5.01. The number of ketones is 1. The molecule has 2 fully saturated rings. The number of Topliss-reactive ketones (excluding diaryl/α,β-unsaturated/α-hetero) is 1. The maximum Gasteiger partial charge on any atom is 0.302 e. The predicted molar refractivity (Wildman–Crippen MR) is 101 cm³/mol. The van der Waals surface area contributed by atoms with E-state index in [9.17, 15) is 9.59 Å². The molecule has 4 aliphatic rings. The van der Waals surface area contributed by atoms with Crippen LogP contribution in [0.1, 0.15) is 72.6 Å². The van der Waals surface area contributed by atoms with Crippen molar-refractivity contribution in [1.82, 2.24) is 0 Å². The van der Waals surface area contributed by atoms with Gasteiger partial charge < -0.3 is 4.74 Å². The van der Waals surface area contributed by atoms with Crippen molar-refractivity contribution in [3.05, 3.63) is 23.3 Å². The van der Waals surface area contributed by atoms with E-state index in [1.54, 1.807) is 6.92 Å². The van der Waals surface area contributed by atoms with E-state index in [-0.39, 0.29) is 28.7 Å². The zero-order valence-electron chi connectivity index (χ0n) is 16.6. The summed E-state index contributed by atoms with van der Waals surface area (Å²) in [6.45, 7) is 8.05. The molecule has 142 valence electrons. The van der Waals surface area contributed by atoms with Gasteiger partial charge in [0.1, 0.15) is 6.10 Å². The third-order valence-electron chi connectivity index (χ3n) is 8.35. The lowest BCUT2D eigenvalue weighted by Crippen LogP contribution is -2.50. The van der Waals surface area contributed by atoms with Gasteiger partial charge in [-0.25, -0.2) is 0 Å². The van der Waals surface area contributed by atoms with Gasteiger partial charge in [0.15, 0.2) is 5.78 Å². The smallest absolute Gasteiger partial charge is 0.302 e. The lowest BCUT2D eigenvalue weighted by molar-refractivity contribution is -0.148. The summed E-state index contributed by atoms with van der Waals surface area (Å²) in [5, 5.41) is 0. The number of ether oxygens (including phenoxy) is 1. The van der Waals surface area contributed by atoms with Crippen molar-refractivity contribution in [2.75, 3.05) is 0 Å². The Labute approximate surface area is 157 Å². The first-order chi connectivity index (χ1) is 12.3. The van der Waals surface area contributed by atoms with E-state index in [1.165, 1.54) is 18.9 Å². The number of rotatable bonds is 2. The molecule has 0 radical (unpaired) electrons. The molecule has 0 aromatic rings. The zero-order valence-corrected chi connectivity index (χ0v) is 16.6. The van der Waals surface area contributed by atoms with E-state index in [0.29, 0.717) is 17.8 Å². The Morgan fingerprint density at radius 2 is 1.73 bits per heavy atom. The SMILES string of the molecule is CC(=O)O[C@H]1CC[C@@]2(C)C(=CC[C@@H]3[C@H]2CC[C@]2(C)C(C(C)=O)=CC[C@H]32)C1. The molecule has 4 aliphatic carbocycles. The summed E-state index contributed by atoms with van der Waals surface area (Å²) >= 11 is 0. The molecule has 0 spiro atoms. The van der Waals surface area contributed by atoms with Crippen molar-refractivity contribution < 1.29 is 14.3 Å². The number of allylic oxidation sites excluding steroid dienone is 3. The van der Waals surface area contributed by atoms with Crippen molar-refractivity contribution >= 4 is 11.8 Å². The molecule has 0 saturated heterocycles. The quantitative estimate of drug-likeness (QED) is 0.516. The van der Waals surface area contributed by atoms with Crippen LogP contribution in [-0.4, -0.2) is 17.9 Å². The first-order valence-electron chi connectivity index (χ1n) is 10.3. The van der Waals surface area contributed by atoms with Gasteiger partial charge >= 0.3 is 5.97 Å². The van der Waals surface area contributed by atoms with Crippen LogP contribution in [0.4, 0.5) is 0 Å². The van der Waals surface area contributed by atoms with Gasteiger partial charge in [0, 0.05) is 13.3 Å². The van der Waals surface area contributed by atoms with E-state index < -0.39 is 0 Å². The van der Waals surface area contributed by atoms with Crippen LogP contribution in [0.3, 0.4) is 0 Å². The number of hydrogen-bond acceptors (Lipinski definition) is 3. The van der Waals surface area contributed by atoms with Crippen molar-refractivity contribution in [1.29, 1.82) is 0 Å². The minimum Gasteiger partial charge on any atom is -0.462 e. The average molecular weight is 357 g/mol. The molecular formula is C23H32O3. The Hall–Kier alpha value is -1.38. The minimum absolute atomic E-state index is 0.0645. The first kappa shape index (κ1) is 18.0. The number of hydrogen-bond donors (Lipinski definition) is 0. The maximum atomic E-state index is 12.2. The normalized spacial score (nSPS) is 44.2. The topological polar surface area (TPSA) is 43.4 Å². The highest BCUT2D eigenvalue weighted by Gasteiger charge is 2.57. The van der Waals surface area contributed by atoms with Crippen molar-refractivity contribution in [3.8, 4) is 0 Å². The largest absolute Gasteiger partial charge is 0.462 e. The fourth-order valence-electron chi connectivity index (χ4n) is 7.08. The van der Waals surface area contributed by atoms with Crippen LogP contribution < -0.4 is 0 Å². The second kappa shape index (κ2) is 6.07. The van der Waals surface area contributed by atoms with Gasteiger partial charge in [-0.1, -0.05) is 31.6 Å². The van der Waals surface area contributed by atoms with E-state index in [0.717, 1.165) is 44.1 Å². The number of fused-ring (bicyclic) bond motifs is 5. The van der Waals surface area contributed by atoms with Crippen LogP contribution in [0.15, 0.2) is 23.3 Å². The van der Waals surface area contributed by atoms with Gasteiger partial charge in [-0.2, -0.15) is 0 Å². The van der Waals surface area contributed by atoms with Crippen LogP contribution in [0, 0.1) is 28.6 Å². The average Bonchev–Trinajstić information content (AvgIpc) is 2.92. The third kappa shape index (κ3) is 2.53. The van der Waals surface area contributed by atoms with Crippen molar-refractivity contribution in [2.24, 2.45) is 28.6 Å². The summed E-state index contributed by atoms with van der Waals surface area (Å²) < 4.78 is 5.52. The summed E-state index contributed by atoms with van der Waals surface area (Å²) in [5.41, 5.74) is 2.96. The zero-order chi connectivity index (χ0) is 18.7. The molecule has 6 atom stereocenters. The van der Waals surface area contributed by atoms with Crippen LogP contribution in [0.25, 0.3) is 0 Å². The van der Waals surface area contributed by atoms with Gasteiger partial charge in [-0.15, -0.1) is 0 Å². The summed E-state index contributed by atoms with van der Waals surface area (Å²) in [4.78, 5) is 23.5. The number of carbonyl (C=O) groups excluding carboxylic acids is 2. The van der Waals surface area contributed by atoms with Gasteiger partial charge in [-0.3, -0.25) is 9.59 Å². The van der Waals surface area contributed by atoms with Gasteiger partial charge in [0.05, 0.1) is 0 Å². The summed E-state index contributed by atoms with van der Waals surface area (Å²) in [6, 6.07) is 0. The summed E-state index contributed by atoms with van der Waals surface area (Å²) in [5.74, 6) is 2.11. The third-order valence-corrected chi connectivity index (χ3v) is 8.35. The van der Waals surface area contributed by atoms with Gasteiger partial charge in [0.2, 0.25) is 0 Å². The molecule has 0 bridgehead atoms. The van der Waals surface area contributed by atoms with Crippen LogP contribution in [0.2, 0.25) is 0 Å². The molecule has 3 heteroatoms. The molecule has 0 aromatic heterocycles. The molecule has 0 N–H and O–H groups in total. The molecular weight excluding hydrogens is 324 g/mol. The van der Waals surface area contributed by atoms with Crippen molar-refractivity contribution in [3.63, 3.8) is 0 Å². The Bertz CT molecular complexity index is 702. The molecule has 0 aromatic carbocycles. The van der Waals surface area contributed by atoms with E-state index in [4.69, 9.17) is 4.74 Å². The second-order valence-electron chi connectivity index (χ2n) is 9.60. The minimum atomic E-state index is -0.157. The molecule has 4 rings (SSSR count). The van der Waals surface area contributed by atoms with Crippen molar-refractivity contribution in [2.45, 2.75) is 78.7 Å². The molecule has 2 saturated carbocycles. The fourth-order valence-corrected chi connectivity index (χ4v) is 7.08. The summed E-state index contributed by atoms with van der Waals surface area (Å²) in [7, 11) is 0. The van der Waals surface area contributed by atoms with Crippen LogP contribution in [0.5, 0.6) is 0 Å². The molecule has 0 unspecified atom stereocenters. The van der Waals surface area contributed by atoms with E-state index >= 15 is 0 Å². The van der Waals surface area contributed by atoms with Crippen LogP contribution >= 0.6 is 0 Å². The maximum absolute atomic E-state index is 12.2. The lowest BCUT2D eigenvalue weighted by atomic mass is 9.47. The molecule has 0 aliphatic heterocycles. The Morgan fingerprint density at radius 3 is 2.42 bits per heavy atom. The van der Waals surface area contributed by atoms with E-state index in [1.807, 2.05) is 0 Å². The number of carbonyl (C=O) groups is 2. The van der Waals surface area contributed by atoms with Gasteiger partial charge in [-0.05, 0) is 79.6 Å². The highest BCUT2D eigenvalue weighted by Crippen LogP contribution is 2.65. The molecule has 3 nitrogen and oxygen atoms in total. The molecule has 0 heterocycles. The monoisotopic (exact) mass is 356 g/mol. The lowest BCUT2D eigenvalue weighted by Gasteiger charge is -2.57. The Morgan fingerprint density at radius 1 is 1.00 bits per heavy atom. The van der Waals surface area contributed by atoms with E-state index in [2.05, 4.69) is 26.0 Å². The van der Waals surface area contributed by atoms with Gasteiger partial charge in [0.25, 0.3) is 0 Å². The summed E-state index contributed by atoms with van der Waals surface area (Å²) in [6.07, 6.45) is 12.3. The second-order valence-corrected chi connectivity index (χ2v) is 9.60. The fraction of sp³-hybridized carbons (Fsp3) is 0.739. The highest BCUT2D eigenvalue weighted by atomic mass is 16.5. The molecule has 0 amide bonds. The standard InChI is InChI=1S/C23H32O3/c1-14(24)19-7-8-20-18-6-5-16-13-17(26-15(2)25)9-11-22(16,3)21(18)10-12-23(19,20)4/h5,7,17-18,20-21H,6,8-13H2,1-4H3/t17-,18-,20+,21+,22-,23+/m0/s1. The highest BCUT2D eigenvalue weighted by molar-refractivity contribution is 5.95. The Balaban J connectivity index is 1.59. The first-order valence-corrected chi connectivity index (χ1v) is 10.3. The van der Waals surface area contributed by atoms with Crippen LogP contribution in [-0.2, 0) is 14.3 Å². The Kier molecular flexibility index (Phi) is 4.20. The molecule has 26 heavy (non-hydrogen) atoms.